The van der Waals surface area contributed by atoms with Crippen LogP contribution < -0.4 is 5.32 Å². The zero-order valence-electron chi connectivity index (χ0n) is 12.0. The van der Waals surface area contributed by atoms with E-state index in [9.17, 15) is 9.59 Å². The zero-order chi connectivity index (χ0) is 14.5. The molecule has 0 aromatic carbocycles. The van der Waals surface area contributed by atoms with Crippen molar-refractivity contribution >= 4 is 12.0 Å². The van der Waals surface area contributed by atoms with Crippen LogP contribution >= 0.6 is 0 Å². The number of piperazine rings is 1. The standard InChI is InChI=1S/C13H24N4O3/c1-15-4-2-11(10-15)14-13(20)17-8-6-16(7-9-17)5-3-12(18)19/h11H,2-10H2,1H3,(H,14,20)(H,18,19). The minimum absolute atomic E-state index is 0.0168. The first kappa shape index (κ1) is 15.1. The van der Waals surface area contributed by atoms with Gasteiger partial charge in [0.2, 0.25) is 0 Å². The van der Waals surface area contributed by atoms with E-state index in [0.717, 1.165) is 32.6 Å². The van der Waals surface area contributed by atoms with E-state index in [1.54, 1.807) is 0 Å². The van der Waals surface area contributed by atoms with Crippen molar-refractivity contribution in [1.29, 1.82) is 0 Å². The summed E-state index contributed by atoms with van der Waals surface area (Å²) in [6, 6.07) is 0.278. The van der Waals surface area contributed by atoms with Crippen LogP contribution in [0.4, 0.5) is 4.79 Å². The van der Waals surface area contributed by atoms with E-state index in [0.29, 0.717) is 19.6 Å². The Balaban J connectivity index is 1.67. The highest BCUT2D eigenvalue weighted by atomic mass is 16.4. The quantitative estimate of drug-likeness (QED) is 0.727. The lowest BCUT2D eigenvalue weighted by atomic mass is 10.2. The van der Waals surface area contributed by atoms with E-state index in [-0.39, 0.29) is 18.5 Å². The maximum absolute atomic E-state index is 12.1. The molecule has 0 radical (unpaired) electrons. The number of carbonyl (C=O) groups is 2. The van der Waals surface area contributed by atoms with Crippen molar-refractivity contribution < 1.29 is 14.7 Å². The SMILES string of the molecule is CN1CCC(NC(=O)N2CCN(CCC(=O)O)CC2)C1. The highest BCUT2D eigenvalue weighted by Crippen LogP contribution is 2.08. The zero-order valence-corrected chi connectivity index (χ0v) is 12.0. The molecule has 0 spiro atoms. The third kappa shape index (κ3) is 4.35. The van der Waals surface area contributed by atoms with Gasteiger partial charge >= 0.3 is 12.0 Å². The molecule has 2 N–H and O–H groups in total. The summed E-state index contributed by atoms with van der Waals surface area (Å²) in [6.07, 6.45) is 1.18. The predicted molar refractivity (Wildman–Crippen MR) is 74.7 cm³/mol. The molecule has 2 heterocycles. The average Bonchev–Trinajstić information content (AvgIpc) is 2.82. The second-order valence-electron chi connectivity index (χ2n) is 5.67. The van der Waals surface area contributed by atoms with E-state index in [2.05, 4.69) is 22.2 Å². The summed E-state index contributed by atoms with van der Waals surface area (Å²) in [7, 11) is 2.06. The van der Waals surface area contributed by atoms with Gasteiger partial charge in [-0.1, -0.05) is 0 Å². The van der Waals surface area contributed by atoms with E-state index in [4.69, 9.17) is 5.11 Å². The third-order valence-electron chi connectivity index (χ3n) is 4.02. The maximum Gasteiger partial charge on any atom is 0.317 e. The molecule has 2 rings (SSSR count). The number of carboxylic acids is 1. The van der Waals surface area contributed by atoms with Crippen LogP contribution in [0.5, 0.6) is 0 Å². The summed E-state index contributed by atoms with van der Waals surface area (Å²) >= 11 is 0. The highest BCUT2D eigenvalue weighted by Gasteiger charge is 2.25. The number of rotatable bonds is 4. The molecule has 2 fully saturated rings. The van der Waals surface area contributed by atoms with Crippen LogP contribution in [0, 0.1) is 0 Å². The van der Waals surface area contributed by atoms with Crippen LogP contribution in [0.1, 0.15) is 12.8 Å². The molecule has 2 amide bonds. The number of amides is 2. The summed E-state index contributed by atoms with van der Waals surface area (Å²) in [5.41, 5.74) is 0. The van der Waals surface area contributed by atoms with Crippen molar-refractivity contribution in [3.8, 4) is 0 Å². The van der Waals surface area contributed by atoms with E-state index >= 15 is 0 Å². The van der Waals surface area contributed by atoms with E-state index in [1.165, 1.54) is 0 Å². The molecule has 7 heteroatoms. The number of nitrogens with one attached hydrogen (secondary N) is 1. The average molecular weight is 284 g/mol. The lowest BCUT2D eigenvalue weighted by molar-refractivity contribution is -0.137. The van der Waals surface area contributed by atoms with Gasteiger partial charge in [-0.2, -0.15) is 0 Å². The molecule has 1 atom stereocenters. The Morgan fingerprint density at radius 1 is 1.20 bits per heavy atom. The molecule has 2 aliphatic heterocycles. The van der Waals surface area contributed by atoms with Crippen molar-refractivity contribution in [2.24, 2.45) is 0 Å². The Kier molecular flexibility index (Phi) is 5.19. The Morgan fingerprint density at radius 3 is 2.45 bits per heavy atom. The first-order valence-corrected chi connectivity index (χ1v) is 7.22. The van der Waals surface area contributed by atoms with Gasteiger partial charge in [0, 0.05) is 45.3 Å². The smallest absolute Gasteiger partial charge is 0.317 e. The summed E-state index contributed by atoms with van der Waals surface area (Å²) in [4.78, 5) is 28.8. The molecule has 0 aromatic heterocycles. The van der Waals surface area contributed by atoms with Gasteiger partial charge in [-0.3, -0.25) is 9.69 Å². The Hall–Kier alpha value is -1.34. The summed E-state index contributed by atoms with van der Waals surface area (Å²) in [5, 5.41) is 11.7. The molecule has 2 saturated heterocycles. The molecule has 114 valence electrons. The fraction of sp³-hybridized carbons (Fsp3) is 0.846. The number of carboxylic acid groups (broad SMARTS) is 1. The summed E-state index contributed by atoms with van der Waals surface area (Å²) < 4.78 is 0. The van der Waals surface area contributed by atoms with Crippen molar-refractivity contribution in [3.05, 3.63) is 0 Å². The van der Waals surface area contributed by atoms with Gasteiger partial charge in [-0.25, -0.2) is 4.79 Å². The normalized spacial score (nSPS) is 24.9. The van der Waals surface area contributed by atoms with Crippen molar-refractivity contribution in [3.63, 3.8) is 0 Å². The molecule has 0 bridgehead atoms. The summed E-state index contributed by atoms with van der Waals surface area (Å²) in [6.45, 7) is 5.38. The number of likely N-dealkylation sites (N-methyl/N-ethyl adjacent to an activating group) is 1. The first-order chi connectivity index (χ1) is 9.54. The molecule has 1 unspecified atom stereocenters. The molecule has 7 nitrogen and oxygen atoms in total. The van der Waals surface area contributed by atoms with E-state index < -0.39 is 5.97 Å². The second kappa shape index (κ2) is 6.90. The number of likely N-dealkylation sites (tertiary alicyclic amines) is 1. The van der Waals surface area contributed by atoms with Gasteiger partial charge < -0.3 is 20.2 Å². The fourth-order valence-electron chi connectivity index (χ4n) is 2.75. The van der Waals surface area contributed by atoms with Crippen LogP contribution in [0.2, 0.25) is 0 Å². The lowest BCUT2D eigenvalue weighted by Gasteiger charge is -2.35. The summed E-state index contributed by atoms with van der Waals surface area (Å²) in [5.74, 6) is -0.768. The van der Waals surface area contributed by atoms with Crippen LogP contribution in [-0.4, -0.2) is 90.7 Å². The van der Waals surface area contributed by atoms with Crippen LogP contribution in [0.3, 0.4) is 0 Å². The van der Waals surface area contributed by atoms with E-state index in [1.807, 2.05) is 4.90 Å². The maximum atomic E-state index is 12.1. The minimum Gasteiger partial charge on any atom is -0.481 e. The highest BCUT2D eigenvalue weighted by molar-refractivity contribution is 5.74. The first-order valence-electron chi connectivity index (χ1n) is 7.22. The van der Waals surface area contributed by atoms with Gasteiger partial charge in [-0.05, 0) is 20.0 Å². The van der Waals surface area contributed by atoms with Crippen molar-refractivity contribution in [2.75, 3.05) is 52.9 Å². The largest absolute Gasteiger partial charge is 0.481 e. The molecule has 2 aliphatic rings. The molecule has 0 saturated carbocycles. The third-order valence-corrected chi connectivity index (χ3v) is 4.02. The number of hydrogen-bond acceptors (Lipinski definition) is 4. The Labute approximate surface area is 119 Å². The van der Waals surface area contributed by atoms with Crippen LogP contribution in [0.25, 0.3) is 0 Å². The Morgan fingerprint density at radius 2 is 1.90 bits per heavy atom. The molecule has 20 heavy (non-hydrogen) atoms. The van der Waals surface area contributed by atoms with Crippen molar-refractivity contribution in [1.82, 2.24) is 20.0 Å². The number of carbonyl (C=O) groups excluding carboxylic acids is 1. The van der Waals surface area contributed by atoms with Gasteiger partial charge in [0.1, 0.15) is 0 Å². The van der Waals surface area contributed by atoms with Crippen LogP contribution in [-0.2, 0) is 4.79 Å². The molecule has 0 aromatic rings. The van der Waals surface area contributed by atoms with Gasteiger partial charge in [0.05, 0.1) is 6.42 Å². The molecular weight excluding hydrogens is 260 g/mol. The lowest BCUT2D eigenvalue weighted by Crippen LogP contribution is -2.53. The minimum atomic E-state index is -0.768. The molecule has 0 aliphatic carbocycles. The topological polar surface area (TPSA) is 76.1 Å². The van der Waals surface area contributed by atoms with Gasteiger partial charge in [0.25, 0.3) is 0 Å². The molecular formula is C13H24N4O3. The van der Waals surface area contributed by atoms with Crippen molar-refractivity contribution in [2.45, 2.75) is 18.9 Å². The van der Waals surface area contributed by atoms with Gasteiger partial charge in [0.15, 0.2) is 0 Å². The predicted octanol–water partition coefficient (Wildman–Crippen LogP) is -0.508. The van der Waals surface area contributed by atoms with Gasteiger partial charge in [-0.15, -0.1) is 0 Å². The number of hydrogen-bond donors (Lipinski definition) is 2. The monoisotopic (exact) mass is 284 g/mol. The number of urea groups is 1. The van der Waals surface area contributed by atoms with Crippen LogP contribution in [0.15, 0.2) is 0 Å². The number of aliphatic carboxylic acids is 1. The second-order valence-corrected chi connectivity index (χ2v) is 5.67. The Bertz CT molecular complexity index is 356. The number of nitrogens with zero attached hydrogens (tertiary/aromatic N) is 3. The fourth-order valence-corrected chi connectivity index (χ4v) is 2.75.